The van der Waals surface area contributed by atoms with E-state index < -0.39 is 6.04 Å². The average molecular weight is 221 g/mol. The maximum atomic E-state index is 10.9. The Morgan fingerprint density at radius 3 is 2.57 bits per heavy atom. The Labute approximate surface area is 89.2 Å². The van der Waals surface area contributed by atoms with Gasteiger partial charge in [0.1, 0.15) is 6.04 Å². The highest BCUT2D eigenvalue weighted by molar-refractivity contribution is 7.99. The number of hydrogen-bond acceptors (Lipinski definition) is 5. The molecular weight excluding hydrogens is 202 g/mol. The van der Waals surface area contributed by atoms with Gasteiger partial charge in [-0.3, -0.25) is 4.79 Å². The fourth-order valence-electron chi connectivity index (χ4n) is 0.835. The molecule has 0 aromatic rings. The van der Waals surface area contributed by atoms with E-state index in [1.807, 2.05) is 0 Å². The highest BCUT2D eigenvalue weighted by Gasteiger charge is 2.12. The van der Waals surface area contributed by atoms with E-state index in [9.17, 15) is 4.79 Å². The molecule has 0 saturated carbocycles. The maximum absolute atomic E-state index is 10.9. The summed E-state index contributed by atoms with van der Waals surface area (Å²) >= 11 is 1.69. The van der Waals surface area contributed by atoms with E-state index in [1.165, 1.54) is 7.11 Å². The Bertz CT molecular complexity index is 164. The first-order valence-corrected chi connectivity index (χ1v) is 5.82. The number of rotatable bonds is 7. The number of methoxy groups -OCH3 is 1. The first-order valence-electron chi connectivity index (χ1n) is 4.67. The van der Waals surface area contributed by atoms with Crippen molar-refractivity contribution in [3.05, 3.63) is 0 Å². The molecular formula is C9H19NO3S. The third-order valence-corrected chi connectivity index (χ3v) is 2.81. The lowest BCUT2D eigenvalue weighted by Gasteiger charge is -2.08. The van der Waals surface area contributed by atoms with Gasteiger partial charge in [-0.25, -0.2) is 0 Å². The summed E-state index contributed by atoms with van der Waals surface area (Å²) in [4.78, 5) is 10.9. The van der Waals surface area contributed by atoms with Crippen LogP contribution in [0.3, 0.4) is 0 Å². The molecule has 0 amide bonds. The first-order chi connectivity index (χ1) is 6.57. The third kappa shape index (κ3) is 7.17. The summed E-state index contributed by atoms with van der Waals surface area (Å²) in [6.07, 6.45) is 1.15. The first kappa shape index (κ1) is 13.7. The lowest BCUT2D eigenvalue weighted by molar-refractivity contribution is -0.142. The van der Waals surface area contributed by atoms with Gasteiger partial charge in [0.15, 0.2) is 0 Å². The summed E-state index contributed by atoms with van der Waals surface area (Å²) in [5.74, 6) is 1.36. The monoisotopic (exact) mass is 221 g/mol. The molecule has 4 nitrogen and oxygen atoms in total. The molecule has 3 N–H and O–H groups in total. The molecule has 0 radical (unpaired) electrons. The molecule has 0 bridgehead atoms. The minimum atomic E-state index is -0.515. The van der Waals surface area contributed by atoms with Crippen LogP contribution < -0.4 is 5.73 Å². The summed E-state index contributed by atoms with van der Waals surface area (Å²) in [5.41, 5.74) is 5.53. The predicted molar refractivity (Wildman–Crippen MR) is 58.2 cm³/mol. The average Bonchev–Trinajstić information content (AvgIpc) is 2.15. The van der Waals surface area contributed by atoms with Crippen molar-refractivity contribution in [1.82, 2.24) is 0 Å². The summed E-state index contributed by atoms with van der Waals surface area (Å²) in [7, 11) is 1.34. The number of ether oxygens (including phenoxy) is 1. The van der Waals surface area contributed by atoms with Crippen molar-refractivity contribution in [2.24, 2.45) is 5.73 Å². The summed E-state index contributed by atoms with van der Waals surface area (Å²) in [6.45, 7) is 1.76. The van der Waals surface area contributed by atoms with Crippen molar-refractivity contribution in [2.75, 3.05) is 18.6 Å². The molecule has 0 aromatic carbocycles. The smallest absolute Gasteiger partial charge is 0.322 e. The second-order valence-corrected chi connectivity index (χ2v) is 4.39. The molecule has 14 heavy (non-hydrogen) atoms. The minimum Gasteiger partial charge on any atom is -0.468 e. The van der Waals surface area contributed by atoms with Gasteiger partial charge in [-0.2, -0.15) is 11.8 Å². The number of esters is 1. The molecule has 0 fully saturated rings. The zero-order chi connectivity index (χ0) is 11.0. The lowest BCUT2D eigenvalue weighted by atomic mass is 10.2. The highest BCUT2D eigenvalue weighted by atomic mass is 32.2. The molecule has 0 aliphatic rings. The fourth-order valence-corrected chi connectivity index (χ4v) is 1.97. The van der Waals surface area contributed by atoms with Crippen molar-refractivity contribution in [2.45, 2.75) is 31.9 Å². The standard InChI is InChI=1S/C9H19NO3S/c1-7(11)3-5-14-6-4-8(10)9(12)13-2/h7-8,11H,3-6,10H2,1-2H3. The van der Waals surface area contributed by atoms with Crippen LogP contribution in [0.4, 0.5) is 0 Å². The molecule has 0 aliphatic carbocycles. The molecule has 0 aromatic heterocycles. The van der Waals surface area contributed by atoms with Crippen LogP contribution in [0.2, 0.25) is 0 Å². The number of nitrogens with two attached hydrogens (primary N) is 1. The van der Waals surface area contributed by atoms with Gasteiger partial charge in [-0.1, -0.05) is 0 Å². The van der Waals surface area contributed by atoms with Crippen LogP contribution >= 0.6 is 11.8 Å². The topological polar surface area (TPSA) is 72.5 Å². The molecule has 0 saturated heterocycles. The normalized spacial score (nSPS) is 14.9. The number of thioether (sulfide) groups is 1. The number of carbonyl (C=O) groups is 1. The van der Waals surface area contributed by atoms with Crippen molar-refractivity contribution in [3.8, 4) is 0 Å². The zero-order valence-electron chi connectivity index (χ0n) is 8.73. The molecule has 2 unspecified atom stereocenters. The van der Waals surface area contributed by atoms with Crippen molar-refractivity contribution >= 4 is 17.7 Å². The highest BCUT2D eigenvalue weighted by Crippen LogP contribution is 2.07. The van der Waals surface area contributed by atoms with Crippen LogP contribution in [-0.4, -0.2) is 41.8 Å². The van der Waals surface area contributed by atoms with E-state index in [-0.39, 0.29) is 12.1 Å². The lowest BCUT2D eigenvalue weighted by Crippen LogP contribution is -2.32. The van der Waals surface area contributed by atoms with Crippen LogP contribution in [0, 0.1) is 0 Å². The Morgan fingerprint density at radius 2 is 2.07 bits per heavy atom. The summed E-state index contributed by atoms with van der Waals surface area (Å²) in [5, 5.41) is 8.98. The van der Waals surface area contributed by atoms with Gasteiger partial charge in [0.05, 0.1) is 13.2 Å². The number of aliphatic hydroxyl groups is 1. The number of aliphatic hydroxyl groups excluding tert-OH is 1. The molecule has 0 rings (SSSR count). The van der Waals surface area contributed by atoms with Crippen LogP contribution in [0.5, 0.6) is 0 Å². The van der Waals surface area contributed by atoms with Gasteiger partial charge in [-0.05, 0) is 31.3 Å². The largest absolute Gasteiger partial charge is 0.468 e. The third-order valence-electron chi connectivity index (χ3n) is 1.76. The van der Waals surface area contributed by atoms with Gasteiger partial charge >= 0.3 is 5.97 Å². The van der Waals surface area contributed by atoms with Crippen LogP contribution in [0.1, 0.15) is 19.8 Å². The Kier molecular flexibility index (Phi) is 7.93. The van der Waals surface area contributed by atoms with Crippen molar-refractivity contribution in [1.29, 1.82) is 0 Å². The molecule has 0 heterocycles. The predicted octanol–water partition coefficient (Wildman–Crippen LogP) is 0.381. The van der Waals surface area contributed by atoms with E-state index in [0.717, 1.165) is 17.9 Å². The Balaban J connectivity index is 3.31. The van der Waals surface area contributed by atoms with E-state index in [1.54, 1.807) is 18.7 Å². The summed E-state index contributed by atoms with van der Waals surface area (Å²) < 4.78 is 4.49. The molecule has 0 aliphatic heterocycles. The maximum Gasteiger partial charge on any atom is 0.322 e. The second kappa shape index (κ2) is 8.08. The van der Waals surface area contributed by atoms with Crippen molar-refractivity contribution in [3.63, 3.8) is 0 Å². The van der Waals surface area contributed by atoms with Crippen molar-refractivity contribution < 1.29 is 14.6 Å². The van der Waals surface area contributed by atoms with E-state index >= 15 is 0 Å². The Hall–Kier alpha value is -0.260. The van der Waals surface area contributed by atoms with Crippen LogP contribution in [0.25, 0.3) is 0 Å². The molecule has 0 spiro atoms. The van der Waals surface area contributed by atoms with E-state index in [2.05, 4.69) is 4.74 Å². The van der Waals surface area contributed by atoms with Gasteiger partial charge in [-0.15, -0.1) is 0 Å². The molecule has 84 valence electrons. The van der Waals surface area contributed by atoms with Crippen LogP contribution in [-0.2, 0) is 9.53 Å². The number of hydrogen-bond donors (Lipinski definition) is 2. The molecule has 5 heteroatoms. The van der Waals surface area contributed by atoms with Gasteiger partial charge in [0, 0.05) is 0 Å². The SMILES string of the molecule is COC(=O)C(N)CCSCCC(C)O. The van der Waals surface area contributed by atoms with Crippen LogP contribution in [0.15, 0.2) is 0 Å². The molecule has 2 atom stereocenters. The fraction of sp³-hybridized carbons (Fsp3) is 0.889. The quantitative estimate of drug-likeness (QED) is 0.480. The van der Waals surface area contributed by atoms with Gasteiger partial charge in [0.25, 0.3) is 0 Å². The van der Waals surface area contributed by atoms with E-state index in [4.69, 9.17) is 10.8 Å². The van der Waals surface area contributed by atoms with Gasteiger partial charge < -0.3 is 15.6 Å². The number of carbonyl (C=O) groups excluding carboxylic acids is 1. The zero-order valence-corrected chi connectivity index (χ0v) is 9.55. The van der Waals surface area contributed by atoms with Gasteiger partial charge in [0.2, 0.25) is 0 Å². The summed E-state index contributed by atoms with van der Waals surface area (Å²) in [6, 6.07) is -0.515. The second-order valence-electron chi connectivity index (χ2n) is 3.17. The minimum absolute atomic E-state index is 0.253. The van der Waals surface area contributed by atoms with E-state index in [0.29, 0.717) is 6.42 Å². The Morgan fingerprint density at radius 1 is 1.50 bits per heavy atom.